The molecule has 0 saturated carbocycles. The van der Waals surface area contributed by atoms with Gasteiger partial charge < -0.3 is 10.5 Å². The quantitative estimate of drug-likeness (QED) is 0.795. The maximum atomic E-state index is 5.62. The van der Waals surface area contributed by atoms with Gasteiger partial charge in [-0.1, -0.05) is 13.8 Å². The molecule has 2 N–H and O–H groups in total. The van der Waals surface area contributed by atoms with Crippen LogP contribution in [0.2, 0.25) is 0 Å². The predicted octanol–water partition coefficient (Wildman–Crippen LogP) is 1.79. The highest BCUT2D eigenvalue weighted by atomic mass is 16.5. The first kappa shape index (κ1) is 10.8. The number of aromatic nitrogens is 2. The minimum Gasteiger partial charge on any atom is -0.477 e. The molecule has 0 unspecified atom stereocenters. The zero-order valence-corrected chi connectivity index (χ0v) is 8.95. The van der Waals surface area contributed by atoms with Gasteiger partial charge in [0.15, 0.2) is 0 Å². The molecule has 1 rings (SSSR count). The van der Waals surface area contributed by atoms with Crippen LogP contribution in [0.3, 0.4) is 0 Å². The monoisotopic (exact) mass is 195 g/mol. The molecule has 14 heavy (non-hydrogen) atoms. The maximum Gasteiger partial charge on any atom is 0.221 e. The number of nitrogens with two attached hydrogens (primary N) is 1. The number of ether oxygens (including phenoxy) is 1. The van der Waals surface area contributed by atoms with Gasteiger partial charge in [-0.2, -0.15) is 0 Å². The van der Waals surface area contributed by atoms with Crippen molar-refractivity contribution in [2.45, 2.75) is 27.2 Å². The van der Waals surface area contributed by atoms with Crippen molar-refractivity contribution in [3.05, 3.63) is 11.9 Å². The van der Waals surface area contributed by atoms with E-state index in [2.05, 4.69) is 23.8 Å². The summed E-state index contributed by atoms with van der Waals surface area (Å²) in [4.78, 5) is 7.89. The van der Waals surface area contributed by atoms with Gasteiger partial charge in [0, 0.05) is 0 Å². The lowest BCUT2D eigenvalue weighted by atomic mass is 10.1. The molecule has 1 aromatic rings. The minimum absolute atomic E-state index is 0.486. The van der Waals surface area contributed by atoms with Gasteiger partial charge in [0.2, 0.25) is 5.88 Å². The second-order valence-corrected chi connectivity index (χ2v) is 3.72. The summed E-state index contributed by atoms with van der Waals surface area (Å²) in [5, 5.41) is 0. The molecule has 78 valence electrons. The zero-order chi connectivity index (χ0) is 10.6. The van der Waals surface area contributed by atoms with E-state index in [4.69, 9.17) is 10.5 Å². The van der Waals surface area contributed by atoms with Gasteiger partial charge in [0.05, 0.1) is 12.2 Å². The Morgan fingerprint density at radius 3 is 2.79 bits per heavy atom. The van der Waals surface area contributed by atoms with E-state index in [1.807, 2.05) is 6.92 Å². The molecule has 0 aliphatic rings. The smallest absolute Gasteiger partial charge is 0.221 e. The van der Waals surface area contributed by atoms with E-state index in [0.717, 1.165) is 12.0 Å². The third-order valence-corrected chi connectivity index (χ3v) is 2.01. The van der Waals surface area contributed by atoms with Crippen LogP contribution in [0.5, 0.6) is 5.88 Å². The number of nitrogen functional groups attached to an aromatic ring is 1. The largest absolute Gasteiger partial charge is 0.477 e. The average molecular weight is 195 g/mol. The maximum absolute atomic E-state index is 5.62. The molecule has 1 heterocycles. The molecular weight excluding hydrogens is 178 g/mol. The minimum atomic E-state index is 0.486. The fraction of sp³-hybridized carbons (Fsp3) is 0.600. The van der Waals surface area contributed by atoms with Crippen LogP contribution in [0.15, 0.2) is 6.33 Å². The van der Waals surface area contributed by atoms with Crippen LogP contribution in [0, 0.1) is 12.8 Å². The van der Waals surface area contributed by atoms with Gasteiger partial charge in [0.25, 0.3) is 0 Å². The van der Waals surface area contributed by atoms with Crippen molar-refractivity contribution in [2.75, 3.05) is 12.3 Å². The zero-order valence-electron chi connectivity index (χ0n) is 8.95. The molecule has 0 spiro atoms. The molecule has 0 atom stereocenters. The summed E-state index contributed by atoms with van der Waals surface area (Å²) in [6.07, 6.45) is 2.44. The van der Waals surface area contributed by atoms with Crippen molar-refractivity contribution in [1.82, 2.24) is 9.97 Å². The van der Waals surface area contributed by atoms with Crippen LogP contribution >= 0.6 is 0 Å². The van der Waals surface area contributed by atoms with Crippen LogP contribution in [0.25, 0.3) is 0 Å². The van der Waals surface area contributed by atoms with Crippen molar-refractivity contribution in [1.29, 1.82) is 0 Å². The second kappa shape index (κ2) is 4.79. The molecule has 0 aromatic carbocycles. The summed E-state index contributed by atoms with van der Waals surface area (Å²) in [5.41, 5.74) is 6.44. The first-order valence-corrected chi connectivity index (χ1v) is 4.81. The van der Waals surface area contributed by atoms with Crippen LogP contribution in [0.4, 0.5) is 5.82 Å². The van der Waals surface area contributed by atoms with E-state index in [0.29, 0.717) is 24.2 Å². The lowest BCUT2D eigenvalue weighted by Gasteiger charge is -2.09. The fourth-order valence-corrected chi connectivity index (χ4v) is 0.984. The van der Waals surface area contributed by atoms with Crippen LogP contribution < -0.4 is 10.5 Å². The fourth-order valence-electron chi connectivity index (χ4n) is 0.984. The summed E-state index contributed by atoms with van der Waals surface area (Å²) in [6, 6.07) is 0. The van der Waals surface area contributed by atoms with Crippen molar-refractivity contribution >= 4 is 5.82 Å². The van der Waals surface area contributed by atoms with Crippen molar-refractivity contribution in [3.63, 3.8) is 0 Å². The van der Waals surface area contributed by atoms with E-state index in [-0.39, 0.29) is 0 Å². The Morgan fingerprint density at radius 2 is 2.14 bits per heavy atom. The molecule has 0 amide bonds. The molecule has 0 radical (unpaired) electrons. The summed E-state index contributed by atoms with van der Waals surface area (Å²) >= 11 is 0. The third-order valence-electron chi connectivity index (χ3n) is 2.01. The molecule has 4 heteroatoms. The molecule has 0 fully saturated rings. The lowest BCUT2D eigenvalue weighted by molar-refractivity contribution is 0.277. The Hall–Kier alpha value is -1.32. The van der Waals surface area contributed by atoms with E-state index >= 15 is 0 Å². The average Bonchev–Trinajstić information content (AvgIpc) is 2.12. The Bertz CT molecular complexity index is 299. The second-order valence-electron chi connectivity index (χ2n) is 3.72. The highest BCUT2D eigenvalue weighted by molar-refractivity contribution is 5.42. The number of hydrogen-bond acceptors (Lipinski definition) is 4. The highest BCUT2D eigenvalue weighted by Crippen LogP contribution is 2.17. The summed E-state index contributed by atoms with van der Waals surface area (Å²) in [5.74, 6) is 1.71. The first-order chi connectivity index (χ1) is 6.61. The summed E-state index contributed by atoms with van der Waals surface area (Å²) in [6.45, 7) is 6.85. The summed E-state index contributed by atoms with van der Waals surface area (Å²) < 4.78 is 5.50. The Morgan fingerprint density at radius 1 is 1.43 bits per heavy atom. The van der Waals surface area contributed by atoms with Crippen molar-refractivity contribution in [2.24, 2.45) is 5.92 Å². The standard InChI is InChI=1S/C10H17N3O/c1-7(2)4-5-14-10-8(3)9(11)12-6-13-10/h6-7H,4-5H2,1-3H3,(H2,11,12,13). The molecule has 0 aliphatic heterocycles. The van der Waals surface area contributed by atoms with E-state index in [1.165, 1.54) is 6.33 Å². The van der Waals surface area contributed by atoms with Crippen molar-refractivity contribution < 1.29 is 4.74 Å². The van der Waals surface area contributed by atoms with Gasteiger partial charge >= 0.3 is 0 Å². The molecule has 0 saturated heterocycles. The first-order valence-electron chi connectivity index (χ1n) is 4.81. The third kappa shape index (κ3) is 2.87. The highest BCUT2D eigenvalue weighted by Gasteiger charge is 2.05. The summed E-state index contributed by atoms with van der Waals surface area (Å²) in [7, 11) is 0. The van der Waals surface area contributed by atoms with Gasteiger partial charge in [0.1, 0.15) is 12.1 Å². The van der Waals surface area contributed by atoms with Gasteiger partial charge in [-0.05, 0) is 19.3 Å². The lowest BCUT2D eigenvalue weighted by Crippen LogP contribution is -2.06. The van der Waals surface area contributed by atoms with E-state index in [9.17, 15) is 0 Å². The number of rotatable bonds is 4. The SMILES string of the molecule is Cc1c(N)ncnc1OCCC(C)C. The van der Waals surface area contributed by atoms with Gasteiger partial charge in [-0.3, -0.25) is 0 Å². The Labute approximate surface area is 84.5 Å². The van der Waals surface area contributed by atoms with Crippen LogP contribution in [-0.4, -0.2) is 16.6 Å². The number of hydrogen-bond donors (Lipinski definition) is 1. The van der Waals surface area contributed by atoms with Crippen molar-refractivity contribution in [3.8, 4) is 5.88 Å². The van der Waals surface area contributed by atoms with E-state index in [1.54, 1.807) is 0 Å². The molecule has 1 aromatic heterocycles. The molecule has 4 nitrogen and oxygen atoms in total. The Balaban J connectivity index is 2.54. The topological polar surface area (TPSA) is 61.0 Å². The van der Waals surface area contributed by atoms with Crippen LogP contribution in [-0.2, 0) is 0 Å². The van der Waals surface area contributed by atoms with Gasteiger partial charge in [-0.15, -0.1) is 0 Å². The Kier molecular flexibility index (Phi) is 3.68. The molecule has 0 aliphatic carbocycles. The number of anilines is 1. The molecule has 0 bridgehead atoms. The number of nitrogens with zero attached hydrogens (tertiary/aromatic N) is 2. The molecular formula is C10H17N3O. The predicted molar refractivity (Wildman–Crippen MR) is 56.1 cm³/mol. The van der Waals surface area contributed by atoms with Crippen LogP contribution in [0.1, 0.15) is 25.8 Å². The van der Waals surface area contributed by atoms with E-state index < -0.39 is 0 Å². The normalized spacial score (nSPS) is 10.6. The van der Waals surface area contributed by atoms with Gasteiger partial charge in [-0.25, -0.2) is 9.97 Å².